The van der Waals surface area contributed by atoms with E-state index in [9.17, 15) is 24.0 Å². The SMILES string of the molecule is COC(=O)NC(=O)[C@@H](C)OC(=O)[C@H](C)N1C(=O)[C@H]2CCCC[C@@H]2C1=O. The fraction of sp³-hybridized carbons (Fsp3) is 0.688. The minimum Gasteiger partial charge on any atom is -0.453 e. The highest BCUT2D eigenvalue weighted by molar-refractivity contribution is 6.08. The summed E-state index contributed by atoms with van der Waals surface area (Å²) in [6.45, 7) is 2.66. The lowest BCUT2D eigenvalue weighted by atomic mass is 9.81. The molecule has 0 aromatic carbocycles. The van der Waals surface area contributed by atoms with Gasteiger partial charge in [0.05, 0.1) is 18.9 Å². The molecule has 2 rings (SSSR count). The van der Waals surface area contributed by atoms with Crippen LogP contribution < -0.4 is 5.32 Å². The van der Waals surface area contributed by atoms with Crippen LogP contribution in [0.25, 0.3) is 0 Å². The average Bonchev–Trinajstić information content (AvgIpc) is 2.85. The zero-order valence-electron chi connectivity index (χ0n) is 14.4. The Morgan fingerprint density at radius 3 is 2.08 bits per heavy atom. The van der Waals surface area contributed by atoms with Crippen molar-refractivity contribution in [3.05, 3.63) is 0 Å². The molecule has 1 saturated heterocycles. The number of carbonyl (C=O) groups is 5. The number of carbonyl (C=O) groups excluding carboxylic acids is 5. The molecule has 1 aliphatic carbocycles. The van der Waals surface area contributed by atoms with E-state index in [1.807, 2.05) is 5.32 Å². The van der Waals surface area contributed by atoms with Gasteiger partial charge in [-0.25, -0.2) is 9.59 Å². The molecule has 1 N–H and O–H groups in total. The molecule has 2 fully saturated rings. The Bertz CT molecular complexity index is 579. The van der Waals surface area contributed by atoms with Crippen LogP contribution in [0.3, 0.4) is 0 Å². The van der Waals surface area contributed by atoms with Crippen LogP contribution in [0.15, 0.2) is 0 Å². The molecule has 1 saturated carbocycles. The van der Waals surface area contributed by atoms with Gasteiger partial charge >= 0.3 is 12.1 Å². The van der Waals surface area contributed by atoms with Gasteiger partial charge in [-0.2, -0.15) is 0 Å². The Morgan fingerprint density at radius 1 is 1.08 bits per heavy atom. The van der Waals surface area contributed by atoms with E-state index < -0.39 is 30.1 Å². The fourth-order valence-electron chi connectivity index (χ4n) is 3.25. The molecule has 25 heavy (non-hydrogen) atoms. The first-order valence-electron chi connectivity index (χ1n) is 8.24. The first kappa shape index (κ1) is 18.9. The molecule has 0 bridgehead atoms. The van der Waals surface area contributed by atoms with E-state index in [1.54, 1.807) is 0 Å². The largest absolute Gasteiger partial charge is 0.453 e. The van der Waals surface area contributed by atoms with Crippen LogP contribution in [0.1, 0.15) is 39.5 Å². The highest BCUT2D eigenvalue weighted by atomic mass is 16.6. The van der Waals surface area contributed by atoms with E-state index in [4.69, 9.17) is 4.74 Å². The van der Waals surface area contributed by atoms with E-state index in [0.29, 0.717) is 12.8 Å². The molecule has 0 aromatic heterocycles. The van der Waals surface area contributed by atoms with Gasteiger partial charge in [0.1, 0.15) is 6.04 Å². The molecule has 0 unspecified atom stereocenters. The van der Waals surface area contributed by atoms with E-state index in [2.05, 4.69) is 4.74 Å². The lowest BCUT2D eigenvalue weighted by Crippen LogP contribution is -2.47. The number of fused-ring (bicyclic) bond motifs is 1. The van der Waals surface area contributed by atoms with Gasteiger partial charge in [0.15, 0.2) is 6.10 Å². The fourth-order valence-corrected chi connectivity index (χ4v) is 3.25. The zero-order valence-corrected chi connectivity index (χ0v) is 14.4. The van der Waals surface area contributed by atoms with Gasteiger partial charge < -0.3 is 9.47 Å². The third kappa shape index (κ3) is 3.80. The molecule has 9 nitrogen and oxygen atoms in total. The van der Waals surface area contributed by atoms with Crippen LogP contribution >= 0.6 is 0 Å². The third-order valence-electron chi connectivity index (χ3n) is 4.68. The van der Waals surface area contributed by atoms with Gasteiger partial charge in [-0.15, -0.1) is 0 Å². The van der Waals surface area contributed by atoms with Crippen molar-refractivity contribution in [3.8, 4) is 0 Å². The number of alkyl carbamates (subject to hydrolysis) is 1. The summed E-state index contributed by atoms with van der Waals surface area (Å²) in [7, 11) is 1.09. The number of rotatable bonds is 4. The summed E-state index contributed by atoms with van der Waals surface area (Å²) in [5, 5.41) is 1.88. The van der Waals surface area contributed by atoms with Crippen molar-refractivity contribution in [1.29, 1.82) is 0 Å². The number of nitrogens with zero attached hydrogens (tertiary/aromatic N) is 1. The van der Waals surface area contributed by atoms with Crippen LogP contribution in [0.2, 0.25) is 0 Å². The average molecular weight is 354 g/mol. The molecule has 1 heterocycles. The molecule has 9 heteroatoms. The van der Waals surface area contributed by atoms with Crippen molar-refractivity contribution in [2.45, 2.75) is 51.7 Å². The Balaban J connectivity index is 1.99. The number of hydrogen-bond donors (Lipinski definition) is 1. The lowest BCUT2D eigenvalue weighted by Gasteiger charge is -2.23. The first-order chi connectivity index (χ1) is 11.8. The Hall–Kier alpha value is -2.45. The number of imide groups is 2. The second kappa shape index (κ2) is 7.62. The Morgan fingerprint density at radius 2 is 1.60 bits per heavy atom. The quantitative estimate of drug-likeness (QED) is 0.572. The van der Waals surface area contributed by atoms with Crippen molar-refractivity contribution in [2.75, 3.05) is 7.11 Å². The molecule has 0 radical (unpaired) electrons. The number of esters is 1. The Kier molecular flexibility index (Phi) is 5.76. The molecular weight excluding hydrogens is 332 g/mol. The predicted octanol–water partition coefficient (Wildman–Crippen LogP) is 0.364. The first-order valence-corrected chi connectivity index (χ1v) is 8.24. The van der Waals surface area contributed by atoms with Crippen LogP contribution in [0.4, 0.5) is 4.79 Å². The smallest absolute Gasteiger partial charge is 0.413 e. The van der Waals surface area contributed by atoms with Gasteiger partial charge in [-0.1, -0.05) is 12.8 Å². The molecule has 0 aromatic rings. The minimum atomic E-state index is -1.27. The molecular formula is C16H22N2O7. The molecule has 2 aliphatic rings. The van der Waals surface area contributed by atoms with Crippen LogP contribution in [0.5, 0.6) is 0 Å². The van der Waals surface area contributed by atoms with Crippen LogP contribution in [-0.4, -0.2) is 53.9 Å². The maximum Gasteiger partial charge on any atom is 0.413 e. The summed E-state index contributed by atoms with van der Waals surface area (Å²) in [5.74, 6) is -3.18. The monoisotopic (exact) mass is 354 g/mol. The molecule has 138 valence electrons. The number of amides is 4. The summed E-state index contributed by atoms with van der Waals surface area (Å²) >= 11 is 0. The summed E-state index contributed by atoms with van der Waals surface area (Å²) < 4.78 is 9.26. The molecule has 4 amide bonds. The highest BCUT2D eigenvalue weighted by Gasteiger charge is 2.51. The lowest BCUT2D eigenvalue weighted by molar-refractivity contribution is -0.163. The van der Waals surface area contributed by atoms with Gasteiger partial charge in [-0.05, 0) is 26.7 Å². The Labute approximate surface area is 145 Å². The number of likely N-dealkylation sites (tertiary alicyclic amines) is 1. The van der Waals surface area contributed by atoms with Crippen LogP contribution in [-0.2, 0) is 28.7 Å². The van der Waals surface area contributed by atoms with E-state index >= 15 is 0 Å². The number of hydrogen-bond acceptors (Lipinski definition) is 7. The summed E-state index contributed by atoms with van der Waals surface area (Å²) in [5.41, 5.74) is 0. The molecule has 4 atom stereocenters. The summed E-state index contributed by atoms with van der Waals surface area (Å²) in [6.07, 6.45) is 0.811. The minimum absolute atomic E-state index is 0.356. The highest BCUT2D eigenvalue weighted by Crippen LogP contribution is 2.38. The van der Waals surface area contributed by atoms with Crippen molar-refractivity contribution in [1.82, 2.24) is 10.2 Å². The van der Waals surface area contributed by atoms with Crippen molar-refractivity contribution >= 4 is 29.8 Å². The zero-order chi connectivity index (χ0) is 18.7. The second-order valence-electron chi connectivity index (χ2n) is 6.28. The molecule has 1 aliphatic heterocycles. The van der Waals surface area contributed by atoms with Gasteiger partial charge in [0.2, 0.25) is 11.8 Å². The topological polar surface area (TPSA) is 119 Å². The van der Waals surface area contributed by atoms with Gasteiger partial charge in [0, 0.05) is 0 Å². The predicted molar refractivity (Wildman–Crippen MR) is 82.9 cm³/mol. The second-order valence-corrected chi connectivity index (χ2v) is 6.28. The van der Waals surface area contributed by atoms with Gasteiger partial charge in [-0.3, -0.25) is 24.6 Å². The van der Waals surface area contributed by atoms with Crippen LogP contribution in [0, 0.1) is 11.8 Å². The third-order valence-corrected chi connectivity index (χ3v) is 4.68. The van der Waals surface area contributed by atoms with Gasteiger partial charge in [0.25, 0.3) is 5.91 Å². The van der Waals surface area contributed by atoms with E-state index in [-0.39, 0.29) is 23.7 Å². The standard InChI is InChI=1S/C16H22N2O7/c1-8(15(22)25-9(2)12(19)17-16(23)24-3)18-13(20)10-6-4-5-7-11(10)14(18)21/h8-11H,4-7H2,1-3H3,(H,17,19,23)/t8-,9+,10-,11-/m0/s1. The van der Waals surface area contributed by atoms with E-state index in [0.717, 1.165) is 24.9 Å². The number of nitrogens with one attached hydrogen (secondary N) is 1. The van der Waals surface area contributed by atoms with Crippen molar-refractivity contribution < 1.29 is 33.4 Å². The summed E-state index contributed by atoms with van der Waals surface area (Å²) in [6, 6.07) is -1.13. The normalized spacial score (nSPS) is 25.0. The number of methoxy groups -OCH3 is 1. The number of ether oxygens (including phenoxy) is 2. The maximum atomic E-state index is 12.5. The van der Waals surface area contributed by atoms with E-state index in [1.165, 1.54) is 13.8 Å². The summed E-state index contributed by atoms with van der Waals surface area (Å²) in [4.78, 5) is 60.8. The molecule has 0 spiro atoms. The van der Waals surface area contributed by atoms with Crippen molar-refractivity contribution in [3.63, 3.8) is 0 Å². The van der Waals surface area contributed by atoms with Crippen molar-refractivity contribution in [2.24, 2.45) is 11.8 Å². The maximum absolute atomic E-state index is 12.5.